The van der Waals surface area contributed by atoms with Crippen LogP contribution in [-0.4, -0.2) is 16.9 Å². The Labute approximate surface area is 57.1 Å². The van der Waals surface area contributed by atoms with Crippen LogP contribution in [0.25, 0.3) is 0 Å². The van der Waals surface area contributed by atoms with Crippen LogP contribution in [0.15, 0.2) is 4.99 Å². The predicted octanol–water partition coefficient (Wildman–Crippen LogP) is 1.49. The van der Waals surface area contributed by atoms with E-state index in [1.165, 1.54) is 6.08 Å². The van der Waals surface area contributed by atoms with E-state index in [0.29, 0.717) is 0 Å². The van der Waals surface area contributed by atoms with Crippen molar-refractivity contribution in [2.45, 2.75) is 24.7 Å². The molecule has 0 aliphatic carbocycles. The summed E-state index contributed by atoms with van der Waals surface area (Å²) in [6, 6.07) is 0.0347. The Kier molecular flexibility index (Phi) is 3.75. The summed E-state index contributed by atoms with van der Waals surface area (Å²) in [6.07, 6.45) is 1.49. The van der Waals surface area contributed by atoms with Gasteiger partial charge in [-0.05, 0) is 6.92 Å². The molecule has 0 aliphatic rings. The average Bonchev–Trinajstić information content (AvgIpc) is 1.67. The average molecular weight is 178 g/mol. The van der Waals surface area contributed by atoms with Crippen molar-refractivity contribution in [3.63, 3.8) is 0 Å². The normalized spacial score (nSPS) is 16.4. The first-order valence-corrected chi connectivity index (χ1v) is 3.31. The van der Waals surface area contributed by atoms with Crippen molar-refractivity contribution < 1.29 is 4.79 Å². The highest BCUT2D eigenvalue weighted by Crippen LogP contribution is 2.05. The van der Waals surface area contributed by atoms with Gasteiger partial charge < -0.3 is 0 Å². The van der Waals surface area contributed by atoms with Gasteiger partial charge in [0.1, 0.15) is 0 Å². The Morgan fingerprint density at radius 3 is 2.25 bits per heavy atom. The zero-order valence-electron chi connectivity index (χ0n) is 4.89. The number of isocyanates is 1. The first kappa shape index (κ1) is 7.86. The van der Waals surface area contributed by atoms with E-state index >= 15 is 0 Å². The Balaban J connectivity index is 3.63. The minimum Gasteiger partial charge on any atom is -0.211 e. The van der Waals surface area contributed by atoms with Gasteiger partial charge in [-0.15, -0.1) is 0 Å². The minimum atomic E-state index is 0.0347. The van der Waals surface area contributed by atoms with E-state index in [2.05, 4.69) is 20.9 Å². The highest BCUT2D eigenvalue weighted by molar-refractivity contribution is 9.09. The van der Waals surface area contributed by atoms with Gasteiger partial charge in [0, 0.05) is 4.83 Å². The van der Waals surface area contributed by atoms with E-state index in [-0.39, 0.29) is 10.9 Å². The Bertz CT molecular complexity index is 107. The van der Waals surface area contributed by atoms with Gasteiger partial charge in [0.15, 0.2) is 0 Å². The molecule has 2 nitrogen and oxygen atoms in total. The maximum absolute atomic E-state index is 9.61. The molecule has 0 radical (unpaired) electrons. The number of alkyl halides is 1. The van der Waals surface area contributed by atoms with E-state index in [1.807, 2.05) is 13.8 Å². The van der Waals surface area contributed by atoms with Crippen LogP contribution in [0.5, 0.6) is 0 Å². The van der Waals surface area contributed by atoms with E-state index in [4.69, 9.17) is 0 Å². The van der Waals surface area contributed by atoms with Gasteiger partial charge in [-0.2, -0.15) is 0 Å². The molecule has 2 atom stereocenters. The van der Waals surface area contributed by atoms with E-state index in [9.17, 15) is 4.79 Å². The number of hydrogen-bond donors (Lipinski definition) is 0. The third kappa shape index (κ3) is 2.94. The zero-order chi connectivity index (χ0) is 6.57. The van der Waals surface area contributed by atoms with Gasteiger partial charge in [0.05, 0.1) is 6.04 Å². The molecule has 0 heterocycles. The van der Waals surface area contributed by atoms with E-state index < -0.39 is 0 Å². The summed E-state index contributed by atoms with van der Waals surface area (Å²) < 4.78 is 0. The van der Waals surface area contributed by atoms with Crippen LogP contribution >= 0.6 is 15.9 Å². The fraction of sp³-hybridized carbons (Fsp3) is 0.800. The summed E-state index contributed by atoms with van der Waals surface area (Å²) in [5, 5.41) is 0. The van der Waals surface area contributed by atoms with Gasteiger partial charge >= 0.3 is 0 Å². The monoisotopic (exact) mass is 177 g/mol. The Morgan fingerprint density at radius 1 is 1.62 bits per heavy atom. The lowest BCUT2D eigenvalue weighted by Gasteiger charge is -2.03. The summed E-state index contributed by atoms with van der Waals surface area (Å²) in [5.74, 6) is 0. The maximum atomic E-state index is 9.61. The van der Waals surface area contributed by atoms with E-state index in [0.717, 1.165) is 0 Å². The summed E-state index contributed by atoms with van der Waals surface area (Å²) in [4.78, 5) is 13.3. The molecule has 0 N–H and O–H groups in total. The third-order valence-electron chi connectivity index (χ3n) is 0.921. The second kappa shape index (κ2) is 3.81. The van der Waals surface area contributed by atoms with Gasteiger partial charge in [-0.3, -0.25) is 0 Å². The van der Waals surface area contributed by atoms with Crippen molar-refractivity contribution in [2.75, 3.05) is 0 Å². The highest BCUT2D eigenvalue weighted by Gasteiger charge is 2.04. The van der Waals surface area contributed by atoms with Crippen LogP contribution in [0.3, 0.4) is 0 Å². The number of hydrogen-bond acceptors (Lipinski definition) is 2. The van der Waals surface area contributed by atoms with Crippen molar-refractivity contribution in [2.24, 2.45) is 4.99 Å². The van der Waals surface area contributed by atoms with Gasteiger partial charge in [0.2, 0.25) is 6.08 Å². The summed E-state index contributed by atoms with van der Waals surface area (Å²) in [7, 11) is 0. The molecule has 0 bridgehead atoms. The molecular weight excluding hydrogens is 170 g/mol. The van der Waals surface area contributed by atoms with Crippen LogP contribution in [0.2, 0.25) is 0 Å². The highest BCUT2D eigenvalue weighted by atomic mass is 79.9. The van der Waals surface area contributed by atoms with Crippen molar-refractivity contribution >= 4 is 22.0 Å². The number of aliphatic imine (C=N–C) groups is 1. The fourth-order valence-corrected chi connectivity index (χ4v) is 0.304. The Morgan fingerprint density at radius 2 is 2.12 bits per heavy atom. The maximum Gasteiger partial charge on any atom is 0.235 e. The molecule has 46 valence electrons. The summed E-state index contributed by atoms with van der Waals surface area (Å²) >= 11 is 3.27. The molecule has 8 heavy (non-hydrogen) atoms. The molecule has 2 unspecified atom stereocenters. The SMILES string of the molecule is CC(Br)C(C)N=C=O. The lowest BCUT2D eigenvalue weighted by atomic mass is 10.3. The molecule has 0 aromatic carbocycles. The number of nitrogens with zero attached hydrogens (tertiary/aromatic N) is 1. The van der Waals surface area contributed by atoms with Crippen LogP contribution in [-0.2, 0) is 4.79 Å². The smallest absolute Gasteiger partial charge is 0.211 e. The second-order valence-corrected chi connectivity index (χ2v) is 3.08. The van der Waals surface area contributed by atoms with Gasteiger partial charge in [0.25, 0.3) is 0 Å². The van der Waals surface area contributed by atoms with Crippen LogP contribution in [0, 0.1) is 0 Å². The lowest BCUT2D eigenvalue weighted by molar-refractivity contribution is 0.558. The van der Waals surface area contributed by atoms with Crippen LogP contribution in [0.1, 0.15) is 13.8 Å². The number of rotatable bonds is 2. The molecule has 0 saturated heterocycles. The minimum absolute atomic E-state index is 0.0347. The Hall–Kier alpha value is -0.140. The quantitative estimate of drug-likeness (QED) is 0.358. The van der Waals surface area contributed by atoms with Gasteiger partial charge in [-0.1, -0.05) is 22.9 Å². The van der Waals surface area contributed by atoms with E-state index in [1.54, 1.807) is 0 Å². The van der Waals surface area contributed by atoms with Crippen LogP contribution < -0.4 is 0 Å². The molecular formula is C5H8BrNO. The zero-order valence-corrected chi connectivity index (χ0v) is 6.47. The first-order chi connectivity index (χ1) is 3.68. The fourth-order valence-electron chi connectivity index (χ4n) is 0.186. The van der Waals surface area contributed by atoms with Crippen LogP contribution in [0.4, 0.5) is 0 Å². The molecule has 0 saturated carbocycles. The molecule has 3 heteroatoms. The van der Waals surface area contributed by atoms with Gasteiger partial charge in [-0.25, -0.2) is 9.79 Å². The largest absolute Gasteiger partial charge is 0.235 e. The molecule has 0 aromatic rings. The molecule has 0 spiro atoms. The molecule has 0 aromatic heterocycles. The van der Waals surface area contributed by atoms with Crippen molar-refractivity contribution in [3.8, 4) is 0 Å². The predicted molar refractivity (Wildman–Crippen MR) is 36.0 cm³/mol. The molecule has 0 fully saturated rings. The van der Waals surface area contributed by atoms with Crippen molar-refractivity contribution in [1.82, 2.24) is 0 Å². The second-order valence-electron chi connectivity index (χ2n) is 1.64. The standard InChI is InChI=1S/C5H8BrNO/c1-4(6)5(2)7-3-8/h4-5H,1-2H3. The number of halogens is 1. The lowest BCUT2D eigenvalue weighted by Crippen LogP contribution is -2.08. The molecule has 0 amide bonds. The van der Waals surface area contributed by atoms with Crippen molar-refractivity contribution in [3.05, 3.63) is 0 Å². The number of carbonyl (C=O) groups excluding carboxylic acids is 1. The van der Waals surface area contributed by atoms with Crippen molar-refractivity contribution in [1.29, 1.82) is 0 Å². The third-order valence-corrected chi connectivity index (χ3v) is 1.69. The summed E-state index contributed by atoms with van der Waals surface area (Å²) in [5.41, 5.74) is 0. The summed E-state index contributed by atoms with van der Waals surface area (Å²) in [6.45, 7) is 3.79. The topological polar surface area (TPSA) is 29.4 Å². The molecule has 0 rings (SSSR count). The molecule has 0 aliphatic heterocycles. The first-order valence-electron chi connectivity index (χ1n) is 2.39.